The van der Waals surface area contributed by atoms with Crippen molar-refractivity contribution in [3.05, 3.63) is 42.0 Å². The van der Waals surface area contributed by atoms with Crippen LogP contribution < -0.4 is 16.0 Å². The van der Waals surface area contributed by atoms with Crippen molar-refractivity contribution in [2.75, 3.05) is 11.9 Å². The Balaban J connectivity index is 1.81. The zero-order valence-corrected chi connectivity index (χ0v) is 18.1. The van der Waals surface area contributed by atoms with E-state index in [0.29, 0.717) is 18.2 Å². The minimum atomic E-state index is -0.650. The first kappa shape index (κ1) is 23.4. The van der Waals surface area contributed by atoms with E-state index in [9.17, 15) is 14.4 Å². The van der Waals surface area contributed by atoms with E-state index < -0.39 is 11.7 Å². The molecule has 0 saturated heterocycles. The van der Waals surface area contributed by atoms with E-state index in [2.05, 4.69) is 16.0 Å². The number of allylic oxidation sites excluding steroid dienone is 1. The van der Waals surface area contributed by atoms with Gasteiger partial charge in [-0.25, -0.2) is 4.79 Å². The van der Waals surface area contributed by atoms with Crippen LogP contribution in [0.1, 0.15) is 58.4 Å². The quantitative estimate of drug-likeness (QED) is 0.589. The van der Waals surface area contributed by atoms with Crippen molar-refractivity contribution < 1.29 is 19.1 Å². The molecular formula is C23H33N3O4. The lowest BCUT2D eigenvalue weighted by atomic mass is 9.89. The van der Waals surface area contributed by atoms with Crippen molar-refractivity contribution in [1.29, 1.82) is 0 Å². The van der Waals surface area contributed by atoms with Crippen LogP contribution in [-0.4, -0.2) is 30.1 Å². The van der Waals surface area contributed by atoms with Gasteiger partial charge in [-0.15, -0.1) is 0 Å². The Labute approximate surface area is 178 Å². The van der Waals surface area contributed by atoms with Gasteiger partial charge >= 0.3 is 6.09 Å². The van der Waals surface area contributed by atoms with Crippen molar-refractivity contribution in [3.8, 4) is 0 Å². The number of ether oxygens (including phenoxy) is 1. The molecule has 164 valence electrons. The molecule has 0 bridgehead atoms. The molecule has 3 amide bonds. The number of hydrogen-bond acceptors (Lipinski definition) is 4. The Bertz CT molecular complexity index is 762. The molecule has 1 fully saturated rings. The van der Waals surface area contributed by atoms with Gasteiger partial charge in [0.25, 0.3) is 0 Å². The molecule has 3 N–H and O–H groups in total. The highest BCUT2D eigenvalue weighted by atomic mass is 16.6. The molecule has 2 rings (SSSR count). The average molecular weight is 416 g/mol. The van der Waals surface area contributed by atoms with Crippen molar-refractivity contribution >= 4 is 23.6 Å². The zero-order chi connectivity index (χ0) is 22.0. The van der Waals surface area contributed by atoms with Crippen LogP contribution in [0.25, 0.3) is 0 Å². The van der Waals surface area contributed by atoms with Crippen molar-refractivity contribution in [1.82, 2.24) is 10.6 Å². The Morgan fingerprint density at radius 3 is 2.47 bits per heavy atom. The topological polar surface area (TPSA) is 96.5 Å². The van der Waals surface area contributed by atoms with Crippen LogP contribution in [0, 0.1) is 5.92 Å². The molecule has 0 unspecified atom stereocenters. The first-order valence-electron chi connectivity index (χ1n) is 10.5. The van der Waals surface area contributed by atoms with Crippen molar-refractivity contribution in [3.63, 3.8) is 0 Å². The average Bonchev–Trinajstić information content (AvgIpc) is 2.69. The number of benzene rings is 1. The SMILES string of the molecule is CC(C)(C)OC(=O)NCC(=O)Nc1ccccc1CNC(=O)/C=C/C1CCCCC1. The first-order valence-corrected chi connectivity index (χ1v) is 10.5. The Hall–Kier alpha value is -2.83. The van der Waals surface area contributed by atoms with E-state index in [4.69, 9.17) is 4.74 Å². The number of hydrogen-bond donors (Lipinski definition) is 3. The van der Waals surface area contributed by atoms with Crippen molar-refractivity contribution in [2.45, 2.75) is 65.0 Å². The van der Waals surface area contributed by atoms with Gasteiger partial charge in [0.2, 0.25) is 11.8 Å². The summed E-state index contributed by atoms with van der Waals surface area (Å²) in [5.41, 5.74) is 0.740. The molecule has 7 nitrogen and oxygen atoms in total. The van der Waals surface area contributed by atoms with E-state index >= 15 is 0 Å². The smallest absolute Gasteiger partial charge is 0.408 e. The summed E-state index contributed by atoms with van der Waals surface area (Å²) in [7, 11) is 0. The summed E-state index contributed by atoms with van der Waals surface area (Å²) in [5, 5.41) is 8.04. The molecule has 0 atom stereocenters. The summed E-state index contributed by atoms with van der Waals surface area (Å²) in [6, 6.07) is 7.23. The Kier molecular flexibility index (Phi) is 8.89. The summed E-state index contributed by atoms with van der Waals surface area (Å²) in [5.74, 6) is -0.0290. The van der Waals surface area contributed by atoms with Gasteiger partial charge in [0, 0.05) is 12.2 Å². The minimum absolute atomic E-state index is 0.145. The lowest BCUT2D eigenvalue weighted by Crippen LogP contribution is -2.37. The second-order valence-electron chi connectivity index (χ2n) is 8.54. The summed E-state index contributed by atoms with van der Waals surface area (Å²) < 4.78 is 5.11. The van der Waals surface area contributed by atoms with E-state index in [-0.39, 0.29) is 18.4 Å². The van der Waals surface area contributed by atoms with Gasteiger partial charge in [-0.2, -0.15) is 0 Å². The number of amides is 3. The molecule has 7 heteroatoms. The maximum absolute atomic E-state index is 12.2. The fourth-order valence-corrected chi connectivity index (χ4v) is 3.25. The number of nitrogens with one attached hydrogen (secondary N) is 3. The van der Waals surface area contributed by atoms with Crippen LogP contribution >= 0.6 is 0 Å². The van der Waals surface area contributed by atoms with Crippen LogP contribution in [0.4, 0.5) is 10.5 Å². The molecule has 0 radical (unpaired) electrons. The largest absolute Gasteiger partial charge is 0.444 e. The molecule has 1 aliphatic carbocycles. The molecule has 0 aromatic heterocycles. The van der Waals surface area contributed by atoms with Gasteiger partial charge in [0.1, 0.15) is 12.1 Å². The third-order valence-electron chi connectivity index (χ3n) is 4.71. The molecular weight excluding hydrogens is 382 g/mol. The van der Waals surface area contributed by atoms with Crippen LogP contribution in [0.3, 0.4) is 0 Å². The lowest BCUT2D eigenvalue weighted by Gasteiger charge is -2.19. The fraction of sp³-hybridized carbons (Fsp3) is 0.522. The second-order valence-corrected chi connectivity index (χ2v) is 8.54. The maximum atomic E-state index is 12.2. The van der Waals surface area contributed by atoms with Gasteiger partial charge in [-0.05, 0) is 57.2 Å². The molecule has 0 aliphatic heterocycles. The van der Waals surface area contributed by atoms with Gasteiger partial charge in [-0.1, -0.05) is 43.5 Å². The summed E-state index contributed by atoms with van der Waals surface area (Å²) in [6.45, 7) is 5.34. The predicted molar refractivity (Wildman–Crippen MR) is 117 cm³/mol. The summed E-state index contributed by atoms with van der Waals surface area (Å²) in [6.07, 6.45) is 9.01. The van der Waals surface area contributed by atoms with E-state index in [1.807, 2.05) is 18.2 Å². The molecule has 30 heavy (non-hydrogen) atoms. The van der Waals surface area contributed by atoms with Gasteiger partial charge in [0.05, 0.1) is 0 Å². The highest BCUT2D eigenvalue weighted by Gasteiger charge is 2.17. The van der Waals surface area contributed by atoms with Gasteiger partial charge in [0.15, 0.2) is 0 Å². The highest BCUT2D eigenvalue weighted by molar-refractivity contribution is 5.94. The van der Waals surface area contributed by atoms with E-state index in [0.717, 1.165) is 18.4 Å². The third kappa shape index (κ3) is 9.11. The van der Waals surface area contributed by atoms with Crippen molar-refractivity contribution in [2.24, 2.45) is 5.92 Å². The maximum Gasteiger partial charge on any atom is 0.408 e. The Morgan fingerprint density at radius 2 is 1.77 bits per heavy atom. The highest BCUT2D eigenvalue weighted by Crippen LogP contribution is 2.24. The number of para-hydroxylation sites is 1. The molecule has 0 heterocycles. The van der Waals surface area contributed by atoms with Crippen LogP contribution in [0.15, 0.2) is 36.4 Å². The van der Waals surface area contributed by atoms with Crippen LogP contribution in [0.5, 0.6) is 0 Å². The zero-order valence-electron chi connectivity index (χ0n) is 18.1. The standard InChI is InChI=1S/C23H33N3O4/c1-23(2,3)30-22(29)25-16-21(28)26-19-12-8-7-11-18(19)15-24-20(27)14-13-17-9-5-4-6-10-17/h7-8,11-14,17H,4-6,9-10,15-16H2,1-3H3,(H,24,27)(H,25,29)(H,26,28)/b14-13+. The summed E-state index contributed by atoms with van der Waals surface area (Å²) in [4.78, 5) is 36.0. The normalized spacial score (nSPS) is 14.9. The molecule has 1 aromatic rings. The predicted octanol–water partition coefficient (Wildman–Crippen LogP) is 3.90. The number of anilines is 1. The van der Waals surface area contributed by atoms with Crippen LogP contribution in [-0.2, 0) is 20.9 Å². The van der Waals surface area contributed by atoms with E-state index in [1.165, 1.54) is 19.3 Å². The minimum Gasteiger partial charge on any atom is -0.444 e. The van der Waals surface area contributed by atoms with E-state index in [1.54, 1.807) is 39.0 Å². The summed E-state index contributed by atoms with van der Waals surface area (Å²) >= 11 is 0. The fourth-order valence-electron chi connectivity index (χ4n) is 3.25. The molecule has 1 saturated carbocycles. The number of alkyl carbamates (subject to hydrolysis) is 1. The number of rotatable bonds is 7. The molecule has 1 aliphatic rings. The second kappa shape index (κ2) is 11.4. The third-order valence-corrected chi connectivity index (χ3v) is 4.71. The first-order chi connectivity index (χ1) is 14.2. The van der Waals surface area contributed by atoms with Crippen LogP contribution in [0.2, 0.25) is 0 Å². The lowest BCUT2D eigenvalue weighted by molar-refractivity contribution is -0.116. The monoisotopic (exact) mass is 415 g/mol. The Morgan fingerprint density at radius 1 is 1.07 bits per heavy atom. The molecule has 0 spiro atoms. The molecule has 1 aromatic carbocycles. The van der Waals surface area contributed by atoms with Gasteiger partial charge < -0.3 is 20.7 Å². The van der Waals surface area contributed by atoms with Gasteiger partial charge in [-0.3, -0.25) is 9.59 Å². The number of carbonyl (C=O) groups excluding carboxylic acids is 3. The number of carbonyl (C=O) groups is 3.